The van der Waals surface area contributed by atoms with Crippen molar-refractivity contribution in [2.45, 2.75) is 12.8 Å². The molecular formula is C17H16FN5O2S2. The summed E-state index contributed by atoms with van der Waals surface area (Å²) in [6.45, 7) is 0. The van der Waals surface area contributed by atoms with Gasteiger partial charge in [-0.1, -0.05) is 0 Å². The van der Waals surface area contributed by atoms with Crippen molar-refractivity contribution in [3.8, 4) is 0 Å². The van der Waals surface area contributed by atoms with Gasteiger partial charge in [0.05, 0.1) is 24.2 Å². The third-order valence-corrected chi connectivity index (χ3v) is 5.02. The van der Waals surface area contributed by atoms with Gasteiger partial charge in [-0.15, -0.1) is 22.7 Å². The number of aromatic nitrogens is 2. The van der Waals surface area contributed by atoms with Crippen LogP contribution < -0.4 is 16.0 Å². The zero-order chi connectivity index (χ0) is 19.2. The van der Waals surface area contributed by atoms with Crippen molar-refractivity contribution in [2.75, 3.05) is 17.7 Å². The Labute approximate surface area is 162 Å². The molecule has 0 aliphatic carbocycles. The largest absolute Gasteiger partial charge is 0.359 e. The van der Waals surface area contributed by atoms with Gasteiger partial charge in [-0.25, -0.2) is 14.4 Å². The topological polar surface area (TPSA) is 96.0 Å². The highest BCUT2D eigenvalue weighted by atomic mass is 32.1. The van der Waals surface area contributed by atoms with Crippen LogP contribution in [0.15, 0.2) is 35.0 Å². The highest BCUT2D eigenvalue weighted by Gasteiger charge is 2.12. The number of benzene rings is 1. The number of rotatable bonds is 7. The average molecular weight is 405 g/mol. The molecule has 3 aromatic rings. The number of halogens is 1. The van der Waals surface area contributed by atoms with Gasteiger partial charge in [-0.3, -0.25) is 9.59 Å². The Bertz CT molecular complexity index is 939. The second-order valence-corrected chi connectivity index (χ2v) is 7.21. The summed E-state index contributed by atoms with van der Waals surface area (Å²) >= 11 is 2.62. The summed E-state index contributed by atoms with van der Waals surface area (Å²) < 4.78 is 12.9. The molecule has 7 nitrogen and oxygen atoms in total. The number of thiazole rings is 2. The van der Waals surface area contributed by atoms with Crippen molar-refractivity contribution in [1.82, 2.24) is 15.3 Å². The van der Waals surface area contributed by atoms with Gasteiger partial charge >= 0.3 is 0 Å². The van der Waals surface area contributed by atoms with E-state index < -0.39 is 0 Å². The van der Waals surface area contributed by atoms with Crippen LogP contribution in [0.25, 0.3) is 0 Å². The SMILES string of the molecule is CNC(=O)Cc1csc(NC(=O)Cc2csc(Nc3ccc(F)cc3)n2)n1. The minimum Gasteiger partial charge on any atom is -0.359 e. The summed E-state index contributed by atoms with van der Waals surface area (Å²) in [5.74, 6) is -0.686. The molecule has 0 spiro atoms. The van der Waals surface area contributed by atoms with Gasteiger partial charge < -0.3 is 16.0 Å². The van der Waals surface area contributed by atoms with E-state index in [2.05, 4.69) is 25.9 Å². The molecule has 0 atom stereocenters. The van der Waals surface area contributed by atoms with E-state index >= 15 is 0 Å². The molecule has 0 saturated carbocycles. The second kappa shape index (κ2) is 8.69. The van der Waals surface area contributed by atoms with E-state index in [1.807, 2.05) is 0 Å². The van der Waals surface area contributed by atoms with Crippen LogP contribution in [-0.4, -0.2) is 28.8 Å². The molecule has 0 saturated heterocycles. The Kier molecular flexibility index (Phi) is 6.09. The van der Waals surface area contributed by atoms with E-state index in [0.717, 1.165) is 0 Å². The van der Waals surface area contributed by atoms with E-state index in [-0.39, 0.29) is 30.5 Å². The molecule has 0 aliphatic heterocycles. The predicted octanol–water partition coefficient (Wildman–Crippen LogP) is 2.95. The van der Waals surface area contributed by atoms with Crippen molar-refractivity contribution in [1.29, 1.82) is 0 Å². The molecule has 0 radical (unpaired) electrons. The number of carbonyl (C=O) groups excluding carboxylic acids is 2. The van der Waals surface area contributed by atoms with Crippen LogP contribution in [0, 0.1) is 5.82 Å². The fraction of sp³-hybridized carbons (Fsp3) is 0.176. The van der Waals surface area contributed by atoms with Crippen LogP contribution >= 0.6 is 22.7 Å². The van der Waals surface area contributed by atoms with E-state index in [1.54, 1.807) is 29.9 Å². The Morgan fingerprint density at radius 3 is 2.22 bits per heavy atom. The third kappa shape index (κ3) is 5.56. The Morgan fingerprint density at radius 2 is 1.56 bits per heavy atom. The van der Waals surface area contributed by atoms with Gasteiger partial charge in [0.25, 0.3) is 0 Å². The monoisotopic (exact) mass is 405 g/mol. The van der Waals surface area contributed by atoms with Crippen molar-refractivity contribution in [3.63, 3.8) is 0 Å². The molecule has 0 fully saturated rings. The van der Waals surface area contributed by atoms with E-state index in [9.17, 15) is 14.0 Å². The zero-order valence-electron chi connectivity index (χ0n) is 14.3. The molecule has 3 N–H and O–H groups in total. The maximum absolute atomic E-state index is 12.9. The molecule has 27 heavy (non-hydrogen) atoms. The Balaban J connectivity index is 1.53. The molecule has 10 heteroatoms. The van der Waals surface area contributed by atoms with Crippen LogP contribution in [-0.2, 0) is 22.4 Å². The standard InChI is InChI=1S/C17H16FN5O2S2/c1-19-14(24)6-12-8-27-17(22-12)23-15(25)7-13-9-26-16(21-13)20-11-4-2-10(18)3-5-11/h2-5,8-9H,6-7H2,1H3,(H,19,24)(H,20,21)(H,22,23,25). The molecule has 1 aromatic carbocycles. The molecule has 0 unspecified atom stereocenters. The molecule has 2 amide bonds. The van der Waals surface area contributed by atoms with Gasteiger partial charge in [-0.2, -0.15) is 0 Å². The van der Waals surface area contributed by atoms with Gasteiger partial charge in [0, 0.05) is 23.5 Å². The highest BCUT2D eigenvalue weighted by molar-refractivity contribution is 7.14. The fourth-order valence-electron chi connectivity index (χ4n) is 2.13. The lowest BCUT2D eigenvalue weighted by Gasteiger charge is -2.02. The van der Waals surface area contributed by atoms with Crippen molar-refractivity contribution in [3.05, 3.63) is 52.2 Å². The summed E-state index contributed by atoms with van der Waals surface area (Å²) in [4.78, 5) is 32.1. The number of hydrogen-bond acceptors (Lipinski definition) is 7. The Hall–Kier alpha value is -2.85. The zero-order valence-corrected chi connectivity index (χ0v) is 15.9. The van der Waals surface area contributed by atoms with Gasteiger partial charge in [0.1, 0.15) is 5.82 Å². The number of likely N-dealkylation sites (N-methyl/N-ethyl adjacent to an activating group) is 1. The lowest BCUT2D eigenvalue weighted by Crippen LogP contribution is -2.20. The second-order valence-electron chi connectivity index (χ2n) is 5.49. The minimum absolute atomic E-state index is 0.103. The molecule has 2 aromatic heterocycles. The summed E-state index contributed by atoms with van der Waals surface area (Å²) in [7, 11) is 1.56. The third-order valence-electron chi connectivity index (χ3n) is 3.41. The molecular weight excluding hydrogens is 389 g/mol. The summed E-state index contributed by atoms with van der Waals surface area (Å²) in [6.07, 6.45) is 0.277. The maximum Gasteiger partial charge on any atom is 0.232 e. The number of carbonyl (C=O) groups is 2. The number of anilines is 3. The number of amides is 2. The molecule has 3 rings (SSSR count). The fourth-order valence-corrected chi connectivity index (χ4v) is 3.59. The first kappa shape index (κ1) is 18.9. The molecule has 140 valence electrons. The summed E-state index contributed by atoms with van der Waals surface area (Å²) in [5, 5.41) is 12.9. The quantitative estimate of drug-likeness (QED) is 0.562. The average Bonchev–Trinajstić information content (AvgIpc) is 3.26. The maximum atomic E-state index is 12.9. The number of nitrogens with zero attached hydrogens (tertiary/aromatic N) is 2. The van der Waals surface area contributed by atoms with E-state index in [0.29, 0.717) is 27.3 Å². The summed E-state index contributed by atoms with van der Waals surface area (Å²) in [5.41, 5.74) is 1.94. The first-order valence-corrected chi connectivity index (χ1v) is 9.69. The summed E-state index contributed by atoms with van der Waals surface area (Å²) in [6, 6.07) is 5.94. The molecule has 2 heterocycles. The van der Waals surface area contributed by atoms with Gasteiger partial charge in [0.15, 0.2) is 10.3 Å². The smallest absolute Gasteiger partial charge is 0.232 e. The number of hydrogen-bond donors (Lipinski definition) is 3. The lowest BCUT2D eigenvalue weighted by molar-refractivity contribution is -0.120. The van der Waals surface area contributed by atoms with Crippen LogP contribution in [0.4, 0.5) is 20.3 Å². The number of nitrogens with one attached hydrogen (secondary N) is 3. The lowest BCUT2D eigenvalue weighted by atomic mass is 10.3. The van der Waals surface area contributed by atoms with E-state index in [4.69, 9.17) is 0 Å². The van der Waals surface area contributed by atoms with Crippen molar-refractivity contribution < 1.29 is 14.0 Å². The minimum atomic E-state index is -0.308. The van der Waals surface area contributed by atoms with Crippen LogP contribution in [0.2, 0.25) is 0 Å². The normalized spacial score (nSPS) is 10.4. The first-order chi connectivity index (χ1) is 13.0. The Morgan fingerprint density at radius 1 is 0.963 bits per heavy atom. The highest BCUT2D eigenvalue weighted by Crippen LogP contribution is 2.22. The van der Waals surface area contributed by atoms with Crippen LogP contribution in [0.1, 0.15) is 11.4 Å². The molecule has 0 bridgehead atoms. The molecule has 0 aliphatic rings. The van der Waals surface area contributed by atoms with Gasteiger partial charge in [-0.05, 0) is 24.3 Å². The predicted molar refractivity (Wildman–Crippen MR) is 104 cm³/mol. The van der Waals surface area contributed by atoms with Crippen LogP contribution in [0.3, 0.4) is 0 Å². The van der Waals surface area contributed by atoms with Gasteiger partial charge in [0.2, 0.25) is 11.8 Å². The van der Waals surface area contributed by atoms with Crippen molar-refractivity contribution in [2.24, 2.45) is 0 Å². The van der Waals surface area contributed by atoms with E-state index in [1.165, 1.54) is 34.8 Å². The van der Waals surface area contributed by atoms with Crippen molar-refractivity contribution >= 4 is 50.4 Å². The first-order valence-electron chi connectivity index (χ1n) is 7.93. The van der Waals surface area contributed by atoms with Crippen LogP contribution in [0.5, 0.6) is 0 Å².